The molecule has 0 aromatic heterocycles. The first-order valence-corrected chi connectivity index (χ1v) is 7.33. The minimum absolute atomic E-state index is 0.180. The van der Waals surface area contributed by atoms with Crippen molar-refractivity contribution >= 4 is 0 Å². The van der Waals surface area contributed by atoms with Gasteiger partial charge in [0, 0.05) is 12.0 Å². The van der Waals surface area contributed by atoms with E-state index in [0.717, 1.165) is 31.4 Å². The van der Waals surface area contributed by atoms with E-state index >= 15 is 0 Å². The van der Waals surface area contributed by atoms with E-state index in [1.165, 1.54) is 20.0 Å². The third-order valence-corrected chi connectivity index (χ3v) is 4.04. The molecule has 0 aliphatic heterocycles. The second-order valence-electron chi connectivity index (χ2n) is 5.32. The molecule has 2 nitrogen and oxygen atoms in total. The summed E-state index contributed by atoms with van der Waals surface area (Å²) >= 11 is 0. The first kappa shape index (κ1) is 14.3. The first-order chi connectivity index (χ1) is 9.27. The van der Waals surface area contributed by atoms with Crippen LogP contribution in [-0.4, -0.2) is 19.7 Å². The van der Waals surface area contributed by atoms with Crippen LogP contribution >= 0.6 is 0 Å². The van der Waals surface area contributed by atoms with Gasteiger partial charge in [-0.05, 0) is 37.4 Å². The Morgan fingerprint density at radius 2 is 2.11 bits per heavy atom. The fourth-order valence-electron chi connectivity index (χ4n) is 3.05. The summed E-state index contributed by atoms with van der Waals surface area (Å²) in [6, 6.07) is 5.89. The normalized spacial score (nSPS) is 23.3. The molecule has 1 N–H and O–H groups in total. The van der Waals surface area contributed by atoms with Gasteiger partial charge in [0.05, 0.1) is 7.11 Å². The molecule has 2 atom stereocenters. The summed E-state index contributed by atoms with van der Waals surface area (Å²) in [6.07, 6.45) is 5.74. The van der Waals surface area contributed by atoms with Crippen LogP contribution in [0.2, 0.25) is 0 Å². The van der Waals surface area contributed by atoms with E-state index in [9.17, 15) is 4.39 Å². The molecule has 1 aromatic rings. The van der Waals surface area contributed by atoms with Gasteiger partial charge in [0.25, 0.3) is 0 Å². The Balaban J connectivity index is 2.21. The Morgan fingerprint density at radius 3 is 2.84 bits per heavy atom. The van der Waals surface area contributed by atoms with Gasteiger partial charge in [-0.1, -0.05) is 31.9 Å². The quantitative estimate of drug-likeness (QED) is 0.873. The predicted molar refractivity (Wildman–Crippen MR) is 76.2 cm³/mol. The smallest absolute Gasteiger partial charge is 0.168 e. The summed E-state index contributed by atoms with van der Waals surface area (Å²) in [6.45, 7) is 3.17. The second kappa shape index (κ2) is 6.90. The maximum Gasteiger partial charge on any atom is 0.168 e. The average Bonchev–Trinajstić information content (AvgIpc) is 2.46. The summed E-state index contributed by atoms with van der Waals surface area (Å²) in [5, 5.41) is 3.58. The Kier molecular flexibility index (Phi) is 5.20. The Hall–Kier alpha value is -1.09. The summed E-state index contributed by atoms with van der Waals surface area (Å²) in [5.41, 5.74) is 0.813. The summed E-state index contributed by atoms with van der Waals surface area (Å²) in [5.74, 6) is 0.452. The first-order valence-electron chi connectivity index (χ1n) is 7.33. The minimum atomic E-state index is -0.180. The van der Waals surface area contributed by atoms with Gasteiger partial charge in [-0.25, -0.2) is 4.39 Å². The molecule has 1 aliphatic rings. The molecule has 3 heteroatoms. The Labute approximate surface area is 115 Å². The molecule has 1 aliphatic carbocycles. The molecule has 0 saturated heterocycles. The lowest BCUT2D eigenvalue weighted by Gasteiger charge is -2.33. The monoisotopic (exact) mass is 265 g/mol. The maximum absolute atomic E-state index is 14.4. The van der Waals surface area contributed by atoms with Crippen LogP contribution in [0, 0.1) is 5.82 Å². The molecular weight excluding hydrogens is 241 g/mol. The Morgan fingerprint density at radius 1 is 1.32 bits per heavy atom. The van der Waals surface area contributed by atoms with Crippen LogP contribution in [0.3, 0.4) is 0 Å². The standard InChI is InChI=1S/C16H24FNO/c1-3-11-18-14-9-5-4-7-12(14)13-8-6-10-15(19-2)16(13)17/h6,8,10,12,14,18H,3-5,7,9,11H2,1-2H3. The number of ether oxygens (including phenoxy) is 1. The molecule has 0 amide bonds. The van der Waals surface area contributed by atoms with Crippen molar-refractivity contribution in [2.24, 2.45) is 0 Å². The molecule has 1 aromatic carbocycles. The molecule has 0 radical (unpaired) electrons. The third-order valence-electron chi connectivity index (χ3n) is 4.04. The summed E-state index contributed by atoms with van der Waals surface area (Å²) < 4.78 is 19.5. The molecule has 1 saturated carbocycles. The van der Waals surface area contributed by atoms with E-state index in [4.69, 9.17) is 4.74 Å². The van der Waals surface area contributed by atoms with E-state index in [2.05, 4.69) is 12.2 Å². The van der Waals surface area contributed by atoms with Gasteiger partial charge >= 0.3 is 0 Å². The van der Waals surface area contributed by atoms with Crippen LogP contribution in [0.5, 0.6) is 5.75 Å². The van der Waals surface area contributed by atoms with Crippen LogP contribution in [0.4, 0.5) is 4.39 Å². The number of hydrogen-bond acceptors (Lipinski definition) is 2. The van der Waals surface area contributed by atoms with E-state index in [1.807, 2.05) is 12.1 Å². The van der Waals surface area contributed by atoms with Gasteiger partial charge in [0.15, 0.2) is 11.6 Å². The second-order valence-corrected chi connectivity index (χ2v) is 5.32. The molecule has 0 heterocycles. The molecule has 2 unspecified atom stereocenters. The van der Waals surface area contributed by atoms with Crippen molar-refractivity contribution in [2.45, 2.75) is 51.0 Å². The zero-order chi connectivity index (χ0) is 13.7. The van der Waals surface area contributed by atoms with Crippen molar-refractivity contribution in [3.63, 3.8) is 0 Å². The summed E-state index contributed by atoms with van der Waals surface area (Å²) in [7, 11) is 1.52. The van der Waals surface area contributed by atoms with Crippen LogP contribution in [-0.2, 0) is 0 Å². The van der Waals surface area contributed by atoms with Crippen molar-refractivity contribution in [1.29, 1.82) is 0 Å². The average molecular weight is 265 g/mol. The number of benzene rings is 1. The Bertz CT molecular complexity index is 408. The van der Waals surface area contributed by atoms with E-state index < -0.39 is 0 Å². The zero-order valence-electron chi connectivity index (χ0n) is 11.9. The van der Waals surface area contributed by atoms with Gasteiger partial charge in [0.2, 0.25) is 0 Å². The van der Waals surface area contributed by atoms with Crippen LogP contribution in [0.25, 0.3) is 0 Å². The minimum Gasteiger partial charge on any atom is -0.494 e. The van der Waals surface area contributed by atoms with Crippen molar-refractivity contribution in [1.82, 2.24) is 5.32 Å². The topological polar surface area (TPSA) is 21.3 Å². The largest absolute Gasteiger partial charge is 0.494 e. The predicted octanol–water partition coefficient (Wildman–Crippen LogP) is 3.86. The summed E-state index contributed by atoms with van der Waals surface area (Å²) in [4.78, 5) is 0. The van der Waals surface area contributed by atoms with Gasteiger partial charge < -0.3 is 10.1 Å². The SMILES string of the molecule is CCCNC1CCCCC1c1cccc(OC)c1F. The number of methoxy groups -OCH3 is 1. The van der Waals surface area contributed by atoms with E-state index in [1.54, 1.807) is 6.07 Å². The molecule has 0 bridgehead atoms. The molecule has 1 fully saturated rings. The number of halogens is 1. The van der Waals surface area contributed by atoms with E-state index in [-0.39, 0.29) is 11.7 Å². The van der Waals surface area contributed by atoms with Gasteiger partial charge in [-0.2, -0.15) is 0 Å². The lowest BCUT2D eigenvalue weighted by atomic mass is 9.79. The van der Waals surface area contributed by atoms with Crippen molar-refractivity contribution in [3.8, 4) is 5.75 Å². The number of nitrogens with one attached hydrogen (secondary N) is 1. The van der Waals surface area contributed by atoms with Crippen molar-refractivity contribution in [2.75, 3.05) is 13.7 Å². The fraction of sp³-hybridized carbons (Fsp3) is 0.625. The molecule has 19 heavy (non-hydrogen) atoms. The fourth-order valence-corrected chi connectivity index (χ4v) is 3.05. The highest BCUT2D eigenvalue weighted by Crippen LogP contribution is 2.36. The number of hydrogen-bond donors (Lipinski definition) is 1. The van der Waals surface area contributed by atoms with E-state index in [0.29, 0.717) is 11.8 Å². The van der Waals surface area contributed by atoms with Gasteiger partial charge in [-0.15, -0.1) is 0 Å². The van der Waals surface area contributed by atoms with Crippen molar-refractivity contribution in [3.05, 3.63) is 29.6 Å². The van der Waals surface area contributed by atoms with Gasteiger partial charge in [0.1, 0.15) is 0 Å². The highest BCUT2D eigenvalue weighted by Gasteiger charge is 2.28. The number of rotatable bonds is 5. The van der Waals surface area contributed by atoms with Gasteiger partial charge in [-0.3, -0.25) is 0 Å². The van der Waals surface area contributed by atoms with Crippen LogP contribution in [0.1, 0.15) is 50.5 Å². The lowest BCUT2D eigenvalue weighted by molar-refractivity contribution is 0.316. The maximum atomic E-state index is 14.4. The molecular formula is C16H24FNO. The van der Waals surface area contributed by atoms with Crippen molar-refractivity contribution < 1.29 is 9.13 Å². The van der Waals surface area contributed by atoms with Crippen LogP contribution < -0.4 is 10.1 Å². The molecule has 106 valence electrons. The highest BCUT2D eigenvalue weighted by atomic mass is 19.1. The lowest BCUT2D eigenvalue weighted by Crippen LogP contribution is -2.38. The van der Waals surface area contributed by atoms with Crippen LogP contribution in [0.15, 0.2) is 18.2 Å². The third kappa shape index (κ3) is 3.27. The zero-order valence-corrected chi connectivity index (χ0v) is 11.9. The molecule has 2 rings (SSSR count). The highest BCUT2D eigenvalue weighted by molar-refractivity contribution is 5.34. The molecule has 0 spiro atoms.